The van der Waals surface area contributed by atoms with E-state index in [1.165, 1.54) is 16.5 Å². The van der Waals surface area contributed by atoms with Crippen LogP contribution in [0.1, 0.15) is 21.4 Å². The van der Waals surface area contributed by atoms with Crippen molar-refractivity contribution in [3.05, 3.63) is 56.8 Å². The lowest BCUT2D eigenvalue weighted by Gasteiger charge is -2.13. The van der Waals surface area contributed by atoms with Crippen molar-refractivity contribution in [2.45, 2.75) is 13.0 Å². The van der Waals surface area contributed by atoms with E-state index in [-0.39, 0.29) is 11.9 Å². The minimum absolute atomic E-state index is 0.0355. The Bertz CT molecular complexity index is 717. The van der Waals surface area contributed by atoms with E-state index < -0.39 is 0 Å². The van der Waals surface area contributed by atoms with Gasteiger partial charge in [0, 0.05) is 14.5 Å². The maximum absolute atomic E-state index is 13.2. The molecule has 0 saturated heterocycles. The Balaban J connectivity index is 2.09. The molecule has 0 aliphatic rings. The van der Waals surface area contributed by atoms with Crippen molar-refractivity contribution in [3.8, 4) is 0 Å². The van der Waals surface area contributed by atoms with Crippen molar-refractivity contribution >= 4 is 32.8 Å². The zero-order chi connectivity index (χ0) is 13.4. The Kier molecular flexibility index (Phi) is 3.36. The molecule has 2 aromatic heterocycles. The number of hydrazine groups is 1. The number of benzene rings is 1. The highest BCUT2D eigenvalue weighted by Gasteiger charge is 2.18. The fourth-order valence-electron chi connectivity index (χ4n) is 2.20. The third-order valence-electron chi connectivity index (χ3n) is 3.16. The average molecular weight is 292 g/mol. The summed E-state index contributed by atoms with van der Waals surface area (Å²) in [6, 6.07) is 8.91. The highest BCUT2D eigenvalue weighted by molar-refractivity contribution is 7.19. The first-order valence-electron chi connectivity index (χ1n) is 5.88. The van der Waals surface area contributed by atoms with E-state index in [1.54, 1.807) is 28.7 Å². The van der Waals surface area contributed by atoms with Gasteiger partial charge in [-0.2, -0.15) is 0 Å². The third-order valence-corrected chi connectivity index (χ3v) is 5.20. The van der Waals surface area contributed by atoms with Gasteiger partial charge in [0.2, 0.25) is 0 Å². The molecule has 19 heavy (non-hydrogen) atoms. The number of hydrogen-bond acceptors (Lipinski definition) is 4. The van der Waals surface area contributed by atoms with E-state index >= 15 is 0 Å². The smallest absolute Gasteiger partial charge is 0.123 e. The van der Waals surface area contributed by atoms with Gasteiger partial charge in [-0.3, -0.25) is 5.84 Å². The lowest BCUT2D eigenvalue weighted by atomic mass is 10.1. The molecule has 98 valence electrons. The number of rotatable bonds is 3. The topological polar surface area (TPSA) is 38.0 Å². The zero-order valence-corrected chi connectivity index (χ0v) is 11.9. The molecule has 5 heteroatoms. The Morgan fingerprint density at radius 3 is 2.79 bits per heavy atom. The largest absolute Gasteiger partial charge is 0.271 e. The van der Waals surface area contributed by atoms with Crippen LogP contribution >= 0.6 is 22.7 Å². The summed E-state index contributed by atoms with van der Waals surface area (Å²) in [6.45, 7) is 2.08. The minimum atomic E-state index is -0.208. The molecule has 2 heterocycles. The standard InChI is InChI=1S/C14H13FN2S2/c1-8-11(4-5-18-8)14(17-16)13-7-9-6-10(15)2-3-12(9)19-13/h2-7,14,17H,16H2,1H3. The second-order valence-electron chi connectivity index (χ2n) is 4.36. The molecule has 2 nitrogen and oxygen atoms in total. The predicted octanol–water partition coefficient (Wildman–Crippen LogP) is 3.96. The molecule has 0 saturated carbocycles. The van der Waals surface area contributed by atoms with E-state index in [9.17, 15) is 4.39 Å². The molecule has 3 N–H and O–H groups in total. The van der Waals surface area contributed by atoms with Crippen molar-refractivity contribution in [1.82, 2.24) is 5.43 Å². The average Bonchev–Trinajstić information content (AvgIpc) is 2.97. The fourth-order valence-corrected chi connectivity index (χ4v) is 4.06. The molecular weight excluding hydrogens is 279 g/mol. The van der Waals surface area contributed by atoms with E-state index in [4.69, 9.17) is 5.84 Å². The second-order valence-corrected chi connectivity index (χ2v) is 6.60. The van der Waals surface area contributed by atoms with Crippen molar-refractivity contribution < 1.29 is 4.39 Å². The number of nitrogens with one attached hydrogen (secondary N) is 1. The molecule has 1 unspecified atom stereocenters. The lowest BCUT2D eigenvalue weighted by molar-refractivity contribution is 0.629. The number of fused-ring (bicyclic) bond motifs is 1. The van der Waals surface area contributed by atoms with E-state index in [2.05, 4.69) is 23.8 Å². The predicted molar refractivity (Wildman–Crippen MR) is 80.0 cm³/mol. The monoisotopic (exact) mass is 292 g/mol. The van der Waals surface area contributed by atoms with Gasteiger partial charge in [-0.05, 0) is 53.6 Å². The number of halogens is 1. The van der Waals surface area contributed by atoms with Crippen LogP contribution in [-0.2, 0) is 0 Å². The summed E-state index contributed by atoms with van der Waals surface area (Å²) in [6.07, 6.45) is 0. The Morgan fingerprint density at radius 2 is 2.11 bits per heavy atom. The van der Waals surface area contributed by atoms with Gasteiger partial charge in [0.25, 0.3) is 0 Å². The Labute approximate surface area is 118 Å². The van der Waals surface area contributed by atoms with Gasteiger partial charge in [-0.25, -0.2) is 9.82 Å². The first-order chi connectivity index (χ1) is 9.19. The first-order valence-corrected chi connectivity index (χ1v) is 7.58. The number of nitrogens with two attached hydrogens (primary N) is 1. The molecule has 0 spiro atoms. The van der Waals surface area contributed by atoms with Gasteiger partial charge in [0.1, 0.15) is 5.82 Å². The van der Waals surface area contributed by atoms with Gasteiger partial charge >= 0.3 is 0 Å². The molecule has 3 rings (SSSR count). The summed E-state index contributed by atoms with van der Waals surface area (Å²) in [5.74, 6) is 5.50. The zero-order valence-electron chi connectivity index (χ0n) is 10.3. The quantitative estimate of drug-likeness (QED) is 0.566. The number of hydrogen-bond donors (Lipinski definition) is 2. The third kappa shape index (κ3) is 2.30. The van der Waals surface area contributed by atoms with Crippen LogP contribution in [0.3, 0.4) is 0 Å². The van der Waals surface area contributed by atoms with E-state index in [0.717, 1.165) is 15.0 Å². The normalized spacial score (nSPS) is 13.0. The summed E-state index contributed by atoms with van der Waals surface area (Å²) in [7, 11) is 0. The summed E-state index contributed by atoms with van der Waals surface area (Å²) < 4.78 is 14.3. The van der Waals surface area contributed by atoms with Crippen LogP contribution in [-0.4, -0.2) is 0 Å². The second kappa shape index (κ2) is 5.02. The Morgan fingerprint density at radius 1 is 1.26 bits per heavy atom. The SMILES string of the molecule is Cc1sccc1C(NN)c1cc2cc(F)ccc2s1. The van der Waals surface area contributed by atoms with Crippen LogP contribution in [0.15, 0.2) is 35.7 Å². The Hall–Kier alpha value is -1.27. The van der Waals surface area contributed by atoms with Crippen LogP contribution in [0.2, 0.25) is 0 Å². The van der Waals surface area contributed by atoms with Crippen LogP contribution in [0.5, 0.6) is 0 Å². The molecule has 1 aromatic carbocycles. The van der Waals surface area contributed by atoms with Crippen molar-refractivity contribution in [2.75, 3.05) is 0 Å². The highest BCUT2D eigenvalue weighted by atomic mass is 32.1. The molecular formula is C14H13FN2S2. The van der Waals surface area contributed by atoms with E-state index in [0.29, 0.717) is 0 Å². The molecule has 0 fully saturated rings. The highest BCUT2D eigenvalue weighted by Crippen LogP contribution is 2.35. The van der Waals surface area contributed by atoms with E-state index in [1.807, 2.05) is 12.1 Å². The molecule has 0 radical (unpaired) electrons. The fraction of sp³-hybridized carbons (Fsp3) is 0.143. The lowest BCUT2D eigenvalue weighted by Crippen LogP contribution is -2.28. The van der Waals surface area contributed by atoms with Crippen LogP contribution in [0.4, 0.5) is 4.39 Å². The van der Waals surface area contributed by atoms with Crippen molar-refractivity contribution in [2.24, 2.45) is 5.84 Å². The summed E-state index contributed by atoms with van der Waals surface area (Å²) in [4.78, 5) is 2.34. The number of thiophene rings is 2. The number of aryl methyl sites for hydroxylation is 1. The van der Waals surface area contributed by atoms with Gasteiger partial charge in [-0.1, -0.05) is 0 Å². The van der Waals surface area contributed by atoms with Gasteiger partial charge < -0.3 is 0 Å². The van der Waals surface area contributed by atoms with Gasteiger partial charge in [0.15, 0.2) is 0 Å². The van der Waals surface area contributed by atoms with Crippen LogP contribution in [0.25, 0.3) is 10.1 Å². The maximum atomic E-state index is 13.2. The molecule has 1 atom stereocenters. The van der Waals surface area contributed by atoms with Crippen molar-refractivity contribution in [3.63, 3.8) is 0 Å². The molecule has 0 aliphatic heterocycles. The van der Waals surface area contributed by atoms with Crippen LogP contribution in [0, 0.1) is 12.7 Å². The summed E-state index contributed by atoms with van der Waals surface area (Å²) in [5, 5.41) is 2.98. The van der Waals surface area contributed by atoms with Gasteiger partial charge in [0.05, 0.1) is 6.04 Å². The maximum Gasteiger partial charge on any atom is 0.123 e. The van der Waals surface area contributed by atoms with Crippen molar-refractivity contribution in [1.29, 1.82) is 0 Å². The molecule has 0 amide bonds. The molecule has 0 bridgehead atoms. The summed E-state index contributed by atoms with van der Waals surface area (Å²) in [5.41, 5.74) is 4.04. The summed E-state index contributed by atoms with van der Waals surface area (Å²) >= 11 is 3.34. The van der Waals surface area contributed by atoms with Gasteiger partial charge in [-0.15, -0.1) is 22.7 Å². The first kappa shape index (κ1) is 12.7. The minimum Gasteiger partial charge on any atom is -0.271 e. The molecule has 0 aliphatic carbocycles. The van der Waals surface area contributed by atoms with Crippen LogP contribution < -0.4 is 11.3 Å². The molecule has 3 aromatic rings.